The molecule has 174 valence electrons. The van der Waals surface area contributed by atoms with Crippen LogP contribution < -0.4 is 4.90 Å². The zero-order chi connectivity index (χ0) is 24.3. The minimum atomic E-state index is -3.00. The number of para-hydroxylation sites is 1. The normalized spacial score (nSPS) is 12.3. The monoisotopic (exact) mass is 511 g/mol. The van der Waals surface area contributed by atoms with Gasteiger partial charge in [0.2, 0.25) is 0 Å². The number of hydrogen-bond donors (Lipinski definition) is 0. The molecule has 0 bridgehead atoms. The second kappa shape index (κ2) is 10.7. The van der Waals surface area contributed by atoms with Crippen LogP contribution in [-0.4, -0.2) is 21.2 Å². The Hall–Kier alpha value is -2.42. The molecule has 5 nitrogen and oxygen atoms in total. The molecule has 0 N–H and O–H groups in total. The van der Waals surface area contributed by atoms with E-state index in [1.807, 2.05) is 13.0 Å². The Kier molecular flexibility index (Phi) is 8.15. The van der Waals surface area contributed by atoms with Gasteiger partial charge >= 0.3 is 0 Å². The molecule has 0 spiro atoms. The number of amides is 2. The Morgan fingerprint density at radius 3 is 2.36 bits per heavy atom. The number of carbonyl (C=O) groups excluding carboxylic acids is 2. The molecule has 0 saturated carbocycles. The van der Waals surface area contributed by atoms with Gasteiger partial charge in [-0.1, -0.05) is 62.2 Å². The van der Waals surface area contributed by atoms with Crippen molar-refractivity contribution in [3.05, 3.63) is 74.5 Å². The molecule has 3 rings (SSSR count). The number of carbonyl (C=O) groups is 2. The molecule has 10 heteroatoms. The quantitative estimate of drug-likeness (QED) is 0.309. The molecule has 0 radical (unpaired) electrons. The lowest BCUT2D eigenvalue weighted by Gasteiger charge is -2.26. The van der Waals surface area contributed by atoms with Crippen LogP contribution in [0.5, 0.6) is 0 Å². The zero-order valence-electron chi connectivity index (χ0n) is 18.1. The van der Waals surface area contributed by atoms with Crippen molar-refractivity contribution < 1.29 is 18.4 Å². The molecule has 2 amide bonds. The maximum absolute atomic E-state index is 13.6. The molecule has 2 heterocycles. The maximum Gasteiger partial charge on any atom is 0.281 e. The topological polar surface area (TPSA) is 63.2 Å². The van der Waals surface area contributed by atoms with Gasteiger partial charge in [0.05, 0.1) is 11.3 Å². The molecule has 0 aliphatic rings. The van der Waals surface area contributed by atoms with Crippen LogP contribution in [0.1, 0.15) is 70.8 Å². The van der Waals surface area contributed by atoms with Crippen LogP contribution in [0.25, 0.3) is 0 Å². The molecular weight excluding hydrogens is 491 g/mol. The van der Waals surface area contributed by atoms with Crippen LogP contribution in [-0.2, 0) is 0 Å². The van der Waals surface area contributed by atoms with E-state index in [9.17, 15) is 18.4 Å². The van der Waals surface area contributed by atoms with Gasteiger partial charge in [0.25, 0.3) is 18.2 Å². The molecule has 1 unspecified atom stereocenters. The zero-order valence-corrected chi connectivity index (χ0v) is 20.4. The summed E-state index contributed by atoms with van der Waals surface area (Å²) >= 11 is 12.8. The average Bonchev–Trinajstić information content (AvgIpc) is 3.11. The Morgan fingerprint density at radius 2 is 1.76 bits per heavy atom. The number of anilines is 1. The van der Waals surface area contributed by atoms with Crippen molar-refractivity contribution in [2.75, 3.05) is 4.90 Å². The fourth-order valence-electron chi connectivity index (χ4n) is 3.64. The van der Waals surface area contributed by atoms with Crippen molar-refractivity contribution in [1.29, 1.82) is 0 Å². The highest BCUT2D eigenvalue weighted by Gasteiger charge is 2.34. The number of rotatable bonds is 7. The largest absolute Gasteiger partial charge is 0.281 e. The lowest BCUT2D eigenvalue weighted by molar-refractivity contribution is 0.0890. The van der Waals surface area contributed by atoms with E-state index in [1.54, 1.807) is 18.2 Å². The summed E-state index contributed by atoms with van der Waals surface area (Å²) in [6.45, 7) is 6.12. The van der Waals surface area contributed by atoms with Crippen molar-refractivity contribution in [2.45, 2.75) is 39.5 Å². The molecule has 1 atom stereocenters. The van der Waals surface area contributed by atoms with Gasteiger partial charge in [0, 0.05) is 6.20 Å². The van der Waals surface area contributed by atoms with E-state index in [4.69, 9.17) is 23.2 Å². The van der Waals surface area contributed by atoms with E-state index >= 15 is 0 Å². The van der Waals surface area contributed by atoms with Gasteiger partial charge in [-0.25, -0.2) is 13.7 Å². The van der Waals surface area contributed by atoms with Gasteiger partial charge in [-0.2, -0.15) is 4.37 Å². The molecule has 33 heavy (non-hydrogen) atoms. The number of hydrogen-bond acceptors (Lipinski definition) is 5. The fourth-order valence-corrected chi connectivity index (χ4v) is 4.78. The summed E-state index contributed by atoms with van der Waals surface area (Å²) in [6, 6.07) is 9.48. The van der Waals surface area contributed by atoms with Gasteiger partial charge in [0.1, 0.15) is 15.6 Å². The summed E-state index contributed by atoms with van der Waals surface area (Å²) in [5.41, 5.74) is -0.0761. The number of pyridine rings is 1. The lowest BCUT2D eigenvalue weighted by atomic mass is 9.90. The minimum Gasteiger partial charge on any atom is -0.268 e. The Morgan fingerprint density at radius 1 is 1.06 bits per heavy atom. The van der Waals surface area contributed by atoms with Crippen LogP contribution in [0.3, 0.4) is 0 Å². The van der Waals surface area contributed by atoms with E-state index in [-0.39, 0.29) is 32.2 Å². The number of benzene rings is 1. The summed E-state index contributed by atoms with van der Waals surface area (Å²) in [6.07, 6.45) is -1.04. The highest BCUT2D eigenvalue weighted by molar-refractivity contribution is 7.09. The predicted octanol–water partition coefficient (Wildman–Crippen LogP) is 7.42. The van der Waals surface area contributed by atoms with Crippen molar-refractivity contribution in [3.63, 3.8) is 0 Å². The smallest absolute Gasteiger partial charge is 0.268 e. The molecule has 0 aliphatic heterocycles. The second-order valence-corrected chi connectivity index (χ2v) is 9.40. The first kappa shape index (κ1) is 25.2. The van der Waals surface area contributed by atoms with Crippen molar-refractivity contribution in [1.82, 2.24) is 9.36 Å². The third-order valence-electron chi connectivity index (χ3n) is 5.01. The third kappa shape index (κ3) is 5.39. The highest BCUT2D eigenvalue weighted by Crippen LogP contribution is 2.36. The van der Waals surface area contributed by atoms with Crippen LogP contribution in [0, 0.1) is 5.92 Å². The van der Waals surface area contributed by atoms with Crippen LogP contribution >= 0.6 is 34.7 Å². The Balaban J connectivity index is 2.21. The first-order valence-corrected chi connectivity index (χ1v) is 11.7. The number of aromatic nitrogens is 2. The summed E-state index contributed by atoms with van der Waals surface area (Å²) in [5, 5.41) is -0.175. The van der Waals surface area contributed by atoms with Crippen molar-refractivity contribution in [2.24, 2.45) is 5.92 Å². The summed E-state index contributed by atoms with van der Waals surface area (Å²) in [4.78, 5) is 31.7. The first-order chi connectivity index (χ1) is 15.6. The van der Waals surface area contributed by atoms with Crippen molar-refractivity contribution >= 4 is 52.2 Å². The van der Waals surface area contributed by atoms with E-state index < -0.39 is 23.9 Å². The van der Waals surface area contributed by atoms with Crippen LogP contribution in [0.2, 0.25) is 10.2 Å². The third-order valence-corrected chi connectivity index (χ3v) is 6.79. The maximum atomic E-state index is 13.6. The number of imide groups is 1. The van der Waals surface area contributed by atoms with E-state index in [0.29, 0.717) is 5.92 Å². The summed E-state index contributed by atoms with van der Waals surface area (Å²) < 4.78 is 31.1. The fraction of sp³-hybridized carbons (Fsp3) is 0.304. The number of alkyl halides is 2. The summed E-state index contributed by atoms with van der Waals surface area (Å²) in [5.74, 6) is -1.41. The molecule has 0 aliphatic carbocycles. The molecule has 0 saturated heterocycles. The Labute approximate surface area is 204 Å². The molecule has 2 aromatic heterocycles. The number of halogens is 4. The molecule has 0 fully saturated rings. The van der Waals surface area contributed by atoms with E-state index in [0.717, 1.165) is 28.4 Å². The van der Waals surface area contributed by atoms with E-state index in [2.05, 4.69) is 23.2 Å². The Bertz CT molecular complexity index is 1170. The molecule has 1 aromatic carbocycles. The van der Waals surface area contributed by atoms with Crippen LogP contribution in [0.15, 0.2) is 42.6 Å². The average molecular weight is 512 g/mol. The van der Waals surface area contributed by atoms with Crippen molar-refractivity contribution in [3.8, 4) is 0 Å². The SMILES string of the molecule is CC(C)CC(C)c1ccccc1N(C(=O)c1cccnc1C(F)F)C(=O)c1snc(Cl)c1Cl. The number of nitrogens with zero attached hydrogens (tertiary/aromatic N) is 3. The first-order valence-electron chi connectivity index (χ1n) is 10.1. The standard InChI is InChI=1S/C23H21Cl2F2N3O2S/c1-12(2)11-13(3)14-7-4-5-9-16(14)30(23(32)19-17(24)20(25)29-33-19)22(31)15-8-6-10-28-18(15)21(26)27/h4-10,12-13,21H,11H2,1-3H3. The van der Waals surface area contributed by atoms with E-state index in [1.165, 1.54) is 18.3 Å². The van der Waals surface area contributed by atoms with Crippen LogP contribution in [0.4, 0.5) is 14.5 Å². The lowest BCUT2D eigenvalue weighted by Crippen LogP contribution is -2.38. The van der Waals surface area contributed by atoms with Gasteiger partial charge in [0.15, 0.2) is 5.15 Å². The van der Waals surface area contributed by atoms with Gasteiger partial charge in [-0.15, -0.1) is 0 Å². The second-order valence-electron chi connectivity index (χ2n) is 7.89. The van der Waals surface area contributed by atoms with Gasteiger partial charge in [-0.3, -0.25) is 14.6 Å². The molecular formula is C23H21Cl2F2N3O2S. The molecule has 3 aromatic rings. The summed E-state index contributed by atoms with van der Waals surface area (Å²) in [7, 11) is 0. The minimum absolute atomic E-state index is 0.0201. The van der Waals surface area contributed by atoms with Gasteiger partial charge in [-0.05, 0) is 53.6 Å². The van der Waals surface area contributed by atoms with Gasteiger partial charge < -0.3 is 0 Å². The predicted molar refractivity (Wildman–Crippen MR) is 127 cm³/mol. The highest BCUT2D eigenvalue weighted by atomic mass is 35.5.